The van der Waals surface area contributed by atoms with Crippen LogP contribution in [-0.2, 0) is 16.1 Å². The van der Waals surface area contributed by atoms with Crippen molar-refractivity contribution < 1.29 is 27.5 Å². The number of alkyl halides is 2. The Kier molecular flexibility index (Phi) is 8.87. The molecule has 0 spiro atoms. The van der Waals surface area contributed by atoms with Crippen LogP contribution < -0.4 is 5.32 Å². The van der Waals surface area contributed by atoms with E-state index < -0.39 is 24.8 Å². The van der Waals surface area contributed by atoms with Gasteiger partial charge in [0.1, 0.15) is 5.82 Å². The van der Waals surface area contributed by atoms with Crippen molar-refractivity contribution in [1.29, 1.82) is 0 Å². The third kappa shape index (κ3) is 6.53. The number of anilines is 1. The van der Waals surface area contributed by atoms with Crippen molar-refractivity contribution in [1.82, 2.24) is 9.88 Å². The van der Waals surface area contributed by atoms with Crippen LogP contribution in [0.25, 0.3) is 11.1 Å². The number of rotatable bonds is 10. The molecule has 0 bridgehead atoms. The second kappa shape index (κ2) is 12.2. The minimum atomic E-state index is -2.69. The fourth-order valence-corrected chi connectivity index (χ4v) is 3.31. The fourth-order valence-electron chi connectivity index (χ4n) is 3.31. The first-order valence-electron chi connectivity index (χ1n) is 10.6. The van der Waals surface area contributed by atoms with Crippen molar-refractivity contribution in [3.63, 3.8) is 0 Å². The Bertz CT molecular complexity index is 1270. The Morgan fingerprint density at radius 3 is 2.64 bits per heavy atom. The summed E-state index contributed by atoms with van der Waals surface area (Å²) in [5.74, 6) is -1.05. The number of pyridine rings is 1. The molecule has 0 atom stereocenters. The van der Waals surface area contributed by atoms with E-state index in [0.29, 0.717) is 28.8 Å². The molecule has 0 unspecified atom stereocenters. The standard InChI is InChI=1S/C25H22F3N5O3/c1-29-32-24(36-14-23(27)28)17-7-9-18(30-12-17)13-33(2)25(35)20-11-16(8-10-22(20)31-15-34)19-5-3-4-6-21(19)26/h3-12,15,23H,1,13-14H2,2H3,(H,31,34)/b32-24-. The van der Waals surface area contributed by atoms with Crippen LogP contribution in [0.15, 0.2) is 71.0 Å². The molecule has 1 N–H and O–H groups in total. The second-order valence-corrected chi connectivity index (χ2v) is 7.45. The van der Waals surface area contributed by atoms with Gasteiger partial charge in [0, 0.05) is 25.5 Å². The highest BCUT2D eigenvalue weighted by atomic mass is 19.3. The monoisotopic (exact) mass is 497 g/mol. The normalized spacial score (nSPS) is 11.2. The summed E-state index contributed by atoms with van der Waals surface area (Å²) in [5, 5.41) is 9.40. The van der Waals surface area contributed by atoms with Crippen LogP contribution >= 0.6 is 0 Å². The number of nitrogens with zero attached hydrogens (tertiary/aromatic N) is 4. The molecule has 0 radical (unpaired) electrons. The predicted molar refractivity (Wildman–Crippen MR) is 130 cm³/mol. The molecule has 0 aliphatic rings. The lowest BCUT2D eigenvalue weighted by atomic mass is 10.0. The van der Waals surface area contributed by atoms with Gasteiger partial charge in [-0.3, -0.25) is 14.6 Å². The van der Waals surface area contributed by atoms with Gasteiger partial charge in [-0.2, -0.15) is 5.10 Å². The summed E-state index contributed by atoms with van der Waals surface area (Å²) in [7, 11) is 1.54. The zero-order chi connectivity index (χ0) is 26.1. The van der Waals surface area contributed by atoms with Crippen molar-refractivity contribution in [2.75, 3.05) is 19.0 Å². The van der Waals surface area contributed by atoms with Crippen LogP contribution in [0.4, 0.5) is 18.9 Å². The highest BCUT2D eigenvalue weighted by Crippen LogP contribution is 2.28. The van der Waals surface area contributed by atoms with Gasteiger partial charge in [0.25, 0.3) is 12.3 Å². The van der Waals surface area contributed by atoms with Gasteiger partial charge in [0.05, 0.1) is 29.1 Å². The third-order valence-corrected chi connectivity index (χ3v) is 4.97. The van der Waals surface area contributed by atoms with Crippen molar-refractivity contribution in [2.24, 2.45) is 10.2 Å². The van der Waals surface area contributed by atoms with Crippen LogP contribution in [0.1, 0.15) is 21.6 Å². The molecular weight excluding hydrogens is 475 g/mol. The van der Waals surface area contributed by atoms with E-state index in [4.69, 9.17) is 4.74 Å². The largest absolute Gasteiger partial charge is 0.470 e. The highest BCUT2D eigenvalue weighted by molar-refractivity contribution is 6.02. The highest BCUT2D eigenvalue weighted by Gasteiger charge is 2.19. The molecule has 36 heavy (non-hydrogen) atoms. The Morgan fingerprint density at radius 2 is 2.00 bits per heavy atom. The molecule has 0 saturated carbocycles. The minimum absolute atomic E-state index is 0.0770. The number of amides is 2. The minimum Gasteiger partial charge on any atom is -0.470 e. The predicted octanol–water partition coefficient (Wildman–Crippen LogP) is 4.37. The Labute approximate surface area is 205 Å². The van der Waals surface area contributed by atoms with Gasteiger partial charge in [-0.1, -0.05) is 24.3 Å². The third-order valence-electron chi connectivity index (χ3n) is 4.97. The molecule has 0 saturated heterocycles. The molecule has 1 heterocycles. The van der Waals surface area contributed by atoms with Gasteiger partial charge in [-0.05, 0) is 35.9 Å². The first-order valence-corrected chi connectivity index (χ1v) is 10.6. The van der Waals surface area contributed by atoms with E-state index in [1.165, 1.54) is 35.4 Å². The second-order valence-electron chi connectivity index (χ2n) is 7.45. The van der Waals surface area contributed by atoms with Gasteiger partial charge >= 0.3 is 0 Å². The van der Waals surface area contributed by atoms with Gasteiger partial charge in [-0.15, -0.1) is 5.10 Å². The molecule has 2 aromatic carbocycles. The summed E-state index contributed by atoms with van der Waals surface area (Å²) in [6.07, 6.45) is -0.897. The lowest BCUT2D eigenvalue weighted by Crippen LogP contribution is -2.27. The van der Waals surface area contributed by atoms with Crippen molar-refractivity contribution in [2.45, 2.75) is 13.0 Å². The number of carbonyl (C=O) groups excluding carboxylic acids is 2. The molecule has 186 valence electrons. The van der Waals surface area contributed by atoms with E-state index in [2.05, 4.69) is 27.2 Å². The topological polar surface area (TPSA) is 96.3 Å². The van der Waals surface area contributed by atoms with Crippen molar-refractivity contribution >= 4 is 30.6 Å². The summed E-state index contributed by atoms with van der Waals surface area (Å²) in [6.45, 7) is 2.40. The summed E-state index contributed by atoms with van der Waals surface area (Å²) >= 11 is 0. The molecule has 3 rings (SSSR count). The number of ether oxygens (including phenoxy) is 1. The zero-order valence-electron chi connectivity index (χ0n) is 19.2. The molecule has 11 heteroatoms. The molecule has 8 nitrogen and oxygen atoms in total. The van der Waals surface area contributed by atoms with Crippen LogP contribution in [0, 0.1) is 5.82 Å². The summed E-state index contributed by atoms with van der Waals surface area (Å²) in [4.78, 5) is 29.9. The van der Waals surface area contributed by atoms with E-state index in [-0.39, 0.29) is 23.7 Å². The smallest absolute Gasteiger partial charge is 0.272 e. The van der Waals surface area contributed by atoms with Gasteiger partial charge < -0.3 is 15.0 Å². The average Bonchev–Trinajstić information content (AvgIpc) is 2.87. The Hall–Kier alpha value is -4.54. The number of hydrogen-bond donors (Lipinski definition) is 1. The Balaban J connectivity index is 1.82. The lowest BCUT2D eigenvalue weighted by molar-refractivity contribution is -0.105. The quantitative estimate of drug-likeness (QED) is 0.195. The Morgan fingerprint density at radius 1 is 1.22 bits per heavy atom. The van der Waals surface area contributed by atoms with Crippen LogP contribution in [0.3, 0.4) is 0 Å². The lowest BCUT2D eigenvalue weighted by Gasteiger charge is -2.19. The van der Waals surface area contributed by atoms with Crippen molar-refractivity contribution in [3.8, 4) is 11.1 Å². The number of nitrogens with one attached hydrogen (secondary N) is 1. The van der Waals surface area contributed by atoms with Gasteiger partial charge in [0.2, 0.25) is 12.3 Å². The van der Waals surface area contributed by atoms with E-state index >= 15 is 0 Å². The molecule has 0 aliphatic carbocycles. The van der Waals surface area contributed by atoms with Crippen LogP contribution in [0.2, 0.25) is 0 Å². The maximum absolute atomic E-state index is 14.3. The molecule has 3 aromatic rings. The summed E-state index contributed by atoms with van der Waals surface area (Å²) in [6, 6.07) is 13.9. The van der Waals surface area contributed by atoms with Crippen LogP contribution in [0.5, 0.6) is 0 Å². The number of halogens is 3. The number of carbonyl (C=O) groups is 2. The van der Waals surface area contributed by atoms with E-state index in [1.54, 1.807) is 37.4 Å². The number of benzene rings is 2. The van der Waals surface area contributed by atoms with E-state index in [1.807, 2.05) is 0 Å². The van der Waals surface area contributed by atoms with Gasteiger partial charge in [0.15, 0.2) is 6.61 Å². The first kappa shape index (κ1) is 26.1. The molecule has 0 aliphatic heterocycles. The first-order chi connectivity index (χ1) is 17.3. The molecule has 2 amide bonds. The zero-order valence-corrected chi connectivity index (χ0v) is 19.2. The average molecular weight is 497 g/mol. The van der Waals surface area contributed by atoms with E-state index in [9.17, 15) is 22.8 Å². The molecule has 0 fully saturated rings. The summed E-state index contributed by atoms with van der Waals surface area (Å²) in [5.41, 5.74) is 1.98. The van der Waals surface area contributed by atoms with Gasteiger partial charge in [-0.25, -0.2) is 13.2 Å². The van der Waals surface area contributed by atoms with Crippen LogP contribution in [-0.4, -0.2) is 54.9 Å². The number of hydrogen-bond acceptors (Lipinski definition) is 6. The summed E-state index contributed by atoms with van der Waals surface area (Å²) < 4.78 is 44.2. The maximum Gasteiger partial charge on any atom is 0.272 e. The SMILES string of the molecule is C=N/N=C(\OCC(F)F)c1ccc(CN(C)C(=O)c2cc(-c3ccccc3F)ccc2NC=O)nc1. The van der Waals surface area contributed by atoms with E-state index in [0.717, 1.165) is 0 Å². The van der Waals surface area contributed by atoms with Crippen molar-refractivity contribution in [3.05, 3.63) is 83.4 Å². The maximum atomic E-state index is 14.3. The fraction of sp³-hybridized carbons (Fsp3) is 0.160. The molecular formula is C25H22F3N5O3. The number of aromatic nitrogens is 1. The molecule has 1 aromatic heterocycles.